The maximum atomic E-state index is 11.8. The van der Waals surface area contributed by atoms with Gasteiger partial charge in [-0.2, -0.15) is 0 Å². The quantitative estimate of drug-likeness (QED) is 0.581. The number of hydrogen-bond acceptors (Lipinski definition) is 4. The molecule has 1 rings (SSSR count). The van der Waals surface area contributed by atoms with Gasteiger partial charge in [0.25, 0.3) is 0 Å². The Labute approximate surface area is 107 Å². The van der Waals surface area contributed by atoms with Crippen molar-refractivity contribution in [3.8, 4) is 11.8 Å². The Balaban J connectivity index is 2.78. The lowest BCUT2D eigenvalue weighted by molar-refractivity contribution is 0.204. The Morgan fingerprint density at radius 2 is 2.00 bits per heavy atom. The van der Waals surface area contributed by atoms with E-state index in [-0.39, 0.29) is 18.0 Å². The Kier molecular flexibility index (Phi) is 5.82. The molecule has 0 aromatic heterocycles. The van der Waals surface area contributed by atoms with E-state index in [1.807, 2.05) is 0 Å². The first-order chi connectivity index (χ1) is 8.60. The Morgan fingerprint density at radius 3 is 2.56 bits per heavy atom. The minimum absolute atomic E-state index is 0.174. The van der Waals surface area contributed by atoms with E-state index in [4.69, 9.17) is 9.84 Å². The van der Waals surface area contributed by atoms with Crippen molar-refractivity contribution in [3.63, 3.8) is 0 Å². The number of rotatable bonds is 5. The van der Waals surface area contributed by atoms with Crippen molar-refractivity contribution in [2.75, 3.05) is 26.9 Å². The minimum Gasteiger partial charge on any atom is -0.384 e. The van der Waals surface area contributed by atoms with Gasteiger partial charge in [0.05, 0.1) is 11.5 Å². The normalized spacial score (nSPS) is 10.8. The third-order valence-corrected chi connectivity index (χ3v) is 3.55. The Bertz CT molecular complexity index is 525. The SMILES string of the molecule is COCCNS(=O)(=O)c1ccc(C#CCO)cc1. The van der Waals surface area contributed by atoms with E-state index in [1.165, 1.54) is 19.2 Å². The molecule has 2 N–H and O–H groups in total. The lowest BCUT2D eigenvalue weighted by Crippen LogP contribution is -2.27. The number of benzene rings is 1. The zero-order valence-corrected chi connectivity index (χ0v) is 10.8. The molecule has 1 aromatic carbocycles. The van der Waals surface area contributed by atoms with Crippen LogP contribution in [0.5, 0.6) is 0 Å². The van der Waals surface area contributed by atoms with Gasteiger partial charge in [0.2, 0.25) is 10.0 Å². The van der Waals surface area contributed by atoms with Crippen LogP contribution < -0.4 is 4.72 Å². The lowest BCUT2D eigenvalue weighted by atomic mass is 10.2. The van der Waals surface area contributed by atoms with E-state index in [0.717, 1.165) is 0 Å². The molecule has 0 saturated carbocycles. The second-order valence-corrected chi connectivity index (χ2v) is 5.14. The van der Waals surface area contributed by atoms with Gasteiger partial charge >= 0.3 is 0 Å². The fourth-order valence-corrected chi connectivity index (χ4v) is 2.23. The molecule has 0 fully saturated rings. The first-order valence-electron chi connectivity index (χ1n) is 5.28. The van der Waals surface area contributed by atoms with Gasteiger partial charge in [-0.3, -0.25) is 0 Å². The number of methoxy groups -OCH3 is 1. The molecule has 0 unspecified atom stereocenters. The summed E-state index contributed by atoms with van der Waals surface area (Å²) in [6.45, 7) is 0.322. The Hall–Kier alpha value is -1.39. The zero-order chi connectivity index (χ0) is 13.4. The first-order valence-corrected chi connectivity index (χ1v) is 6.77. The van der Waals surface area contributed by atoms with Crippen molar-refractivity contribution < 1.29 is 18.3 Å². The molecular formula is C12H15NO4S. The van der Waals surface area contributed by atoms with Gasteiger partial charge in [-0.25, -0.2) is 13.1 Å². The highest BCUT2D eigenvalue weighted by atomic mass is 32.2. The van der Waals surface area contributed by atoms with Crippen LogP contribution in [-0.4, -0.2) is 40.4 Å². The third kappa shape index (κ3) is 4.47. The molecule has 0 heterocycles. The average Bonchev–Trinajstić information content (AvgIpc) is 2.37. The monoisotopic (exact) mass is 269 g/mol. The van der Waals surface area contributed by atoms with E-state index < -0.39 is 10.0 Å². The molecule has 0 aliphatic heterocycles. The van der Waals surface area contributed by atoms with E-state index in [9.17, 15) is 8.42 Å². The fraction of sp³-hybridized carbons (Fsp3) is 0.333. The summed E-state index contributed by atoms with van der Waals surface area (Å²) in [6, 6.07) is 6.12. The molecule has 6 heteroatoms. The number of ether oxygens (including phenoxy) is 1. The molecule has 5 nitrogen and oxygen atoms in total. The van der Waals surface area contributed by atoms with Crippen LogP contribution >= 0.6 is 0 Å². The summed E-state index contributed by atoms with van der Waals surface area (Å²) in [7, 11) is -1.99. The maximum absolute atomic E-state index is 11.8. The van der Waals surface area contributed by atoms with Crippen molar-refractivity contribution in [1.29, 1.82) is 0 Å². The average molecular weight is 269 g/mol. The molecule has 98 valence electrons. The van der Waals surface area contributed by atoms with Crippen LogP contribution in [0.4, 0.5) is 0 Å². The van der Waals surface area contributed by atoms with E-state index in [1.54, 1.807) is 12.1 Å². The van der Waals surface area contributed by atoms with Crippen LogP contribution in [0.3, 0.4) is 0 Å². The molecule has 0 amide bonds. The predicted octanol–water partition coefficient (Wildman–Crippen LogP) is -0.0449. The number of aliphatic hydroxyl groups excluding tert-OH is 1. The zero-order valence-electron chi connectivity index (χ0n) is 10.0. The van der Waals surface area contributed by atoms with Gasteiger partial charge < -0.3 is 9.84 Å². The summed E-state index contributed by atoms with van der Waals surface area (Å²) in [6.07, 6.45) is 0. The number of aliphatic hydroxyl groups is 1. The summed E-state index contributed by atoms with van der Waals surface area (Å²) in [5.41, 5.74) is 0.653. The van der Waals surface area contributed by atoms with Crippen molar-refractivity contribution in [2.24, 2.45) is 0 Å². The van der Waals surface area contributed by atoms with Gasteiger partial charge in [-0.1, -0.05) is 11.8 Å². The highest BCUT2D eigenvalue weighted by Crippen LogP contribution is 2.09. The lowest BCUT2D eigenvalue weighted by Gasteiger charge is -2.05. The van der Waals surface area contributed by atoms with Crippen LogP contribution in [0.2, 0.25) is 0 Å². The molecule has 0 aliphatic rings. The second-order valence-electron chi connectivity index (χ2n) is 3.37. The molecule has 0 bridgehead atoms. The maximum Gasteiger partial charge on any atom is 0.240 e. The predicted molar refractivity (Wildman–Crippen MR) is 67.5 cm³/mol. The van der Waals surface area contributed by atoms with Crippen LogP contribution in [-0.2, 0) is 14.8 Å². The van der Waals surface area contributed by atoms with Crippen LogP contribution in [0, 0.1) is 11.8 Å². The number of sulfonamides is 1. The summed E-state index contributed by atoms with van der Waals surface area (Å²) < 4.78 is 30.8. The van der Waals surface area contributed by atoms with Crippen molar-refractivity contribution in [3.05, 3.63) is 29.8 Å². The summed E-state index contributed by atoms with van der Waals surface area (Å²) in [5, 5.41) is 8.54. The smallest absolute Gasteiger partial charge is 0.240 e. The topological polar surface area (TPSA) is 75.6 Å². The van der Waals surface area contributed by atoms with Gasteiger partial charge in [0.1, 0.15) is 6.61 Å². The molecule has 1 aromatic rings. The highest BCUT2D eigenvalue weighted by Gasteiger charge is 2.12. The van der Waals surface area contributed by atoms with E-state index in [2.05, 4.69) is 16.6 Å². The second kappa shape index (κ2) is 7.13. The molecule has 18 heavy (non-hydrogen) atoms. The van der Waals surface area contributed by atoms with Gasteiger partial charge in [0, 0.05) is 19.2 Å². The molecule has 0 atom stereocenters. The number of nitrogens with one attached hydrogen (secondary N) is 1. The third-order valence-electron chi connectivity index (χ3n) is 2.07. The standard InChI is InChI=1S/C12H15NO4S/c1-17-10-8-13-18(15,16)12-6-4-11(5-7-12)3-2-9-14/h4-7,13-14H,8-10H2,1H3. The summed E-state index contributed by atoms with van der Waals surface area (Å²) >= 11 is 0. The first kappa shape index (κ1) is 14.7. The largest absolute Gasteiger partial charge is 0.384 e. The summed E-state index contributed by atoms with van der Waals surface area (Å²) in [4.78, 5) is 0.174. The fourth-order valence-electron chi connectivity index (χ4n) is 1.22. The molecule has 0 saturated heterocycles. The van der Waals surface area contributed by atoms with Gasteiger partial charge in [-0.15, -0.1) is 0 Å². The number of hydrogen-bond donors (Lipinski definition) is 2. The van der Waals surface area contributed by atoms with Crippen LogP contribution in [0.25, 0.3) is 0 Å². The molecule has 0 aliphatic carbocycles. The van der Waals surface area contributed by atoms with Crippen molar-refractivity contribution in [2.45, 2.75) is 4.90 Å². The van der Waals surface area contributed by atoms with Crippen LogP contribution in [0.1, 0.15) is 5.56 Å². The van der Waals surface area contributed by atoms with Crippen molar-refractivity contribution >= 4 is 10.0 Å². The van der Waals surface area contributed by atoms with E-state index >= 15 is 0 Å². The highest BCUT2D eigenvalue weighted by molar-refractivity contribution is 7.89. The van der Waals surface area contributed by atoms with Gasteiger partial charge in [0.15, 0.2) is 0 Å². The van der Waals surface area contributed by atoms with E-state index in [0.29, 0.717) is 12.2 Å². The van der Waals surface area contributed by atoms with Gasteiger partial charge in [-0.05, 0) is 24.3 Å². The van der Waals surface area contributed by atoms with Crippen LogP contribution in [0.15, 0.2) is 29.2 Å². The Morgan fingerprint density at radius 1 is 1.33 bits per heavy atom. The summed E-state index contributed by atoms with van der Waals surface area (Å²) in [5.74, 6) is 5.18. The molecule has 0 radical (unpaired) electrons. The van der Waals surface area contributed by atoms with Crippen molar-refractivity contribution in [1.82, 2.24) is 4.72 Å². The molecular weight excluding hydrogens is 254 g/mol. The minimum atomic E-state index is -3.50. The molecule has 0 spiro atoms.